The lowest BCUT2D eigenvalue weighted by atomic mass is 9.71. The molecule has 0 radical (unpaired) electrons. The number of aliphatic hydroxyl groups excluding tert-OH is 1. The molecule has 0 aromatic heterocycles. The van der Waals surface area contributed by atoms with Gasteiger partial charge < -0.3 is 31.3 Å². The largest absolute Gasteiger partial charge is 0.504 e. The molecular weight excluding hydrogens is 476 g/mol. The van der Waals surface area contributed by atoms with Crippen molar-refractivity contribution < 1.29 is 29.3 Å². The molecule has 6 unspecified atom stereocenters. The van der Waals surface area contributed by atoms with Crippen LogP contribution in [0.25, 0.3) is 0 Å². The molecule has 3 heterocycles. The Kier molecular flexibility index (Phi) is 6.26. The highest BCUT2D eigenvalue weighted by Crippen LogP contribution is 2.50. The summed E-state index contributed by atoms with van der Waals surface area (Å²) in [5, 5.41) is 29.1. The molecule has 0 saturated carbocycles. The number of piperazine rings is 1. The van der Waals surface area contributed by atoms with Gasteiger partial charge in [-0.25, -0.2) is 0 Å². The topological polar surface area (TPSA) is 154 Å². The zero-order chi connectivity index (χ0) is 26.9. The standard InChI is InChI=1S/C27H34N4O6/c1-10-6-14-7-16-27(36)31-17(21(30-16)19(14)24(34)25(10)37-5)8-15-20(18(31)9-29-26(35)13(4)28)23(33)12(3)11(2)22(15)32/h6,13,16-18,21,27,30,34,36H,7-9,28H2,1-5H3,(H,29,35). The summed E-state index contributed by atoms with van der Waals surface area (Å²) in [6, 6.07) is -0.829. The van der Waals surface area contributed by atoms with E-state index in [0.717, 1.165) is 11.1 Å². The molecule has 4 aliphatic rings. The minimum atomic E-state index is -1.000. The Labute approximate surface area is 215 Å². The summed E-state index contributed by atoms with van der Waals surface area (Å²) in [6.07, 6.45) is -0.344. The van der Waals surface area contributed by atoms with Crippen molar-refractivity contribution in [3.8, 4) is 11.5 Å². The molecule has 6 atom stereocenters. The predicted molar refractivity (Wildman–Crippen MR) is 135 cm³/mol. The van der Waals surface area contributed by atoms with Gasteiger partial charge in [0.1, 0.15) is 6.23 Å². The van der Waals surface area contributed by atoms with Gasteiger partial charge in [-0.2, -0.15) is 0 Å². The van der Waals surface area contributed by atoms with E-state index in [-0.39, 0.29) is 36.3 Å². The van der Waals surface area contributed by atoms with Gasteiger partial charge in [0, 0.05) is 40.4 Å². The predicted octanol–water partition coefficient (Wildman–Crippen LogP) is 0.288. The van der Waals surface area contributed by atoms with Crippen molar-refractivity contribution in [2.45, 2.75) is 77.0 Å². The molecule has 6 N–H and O–H groups in total. The van der Waals surface area contributed by atoms with Crippen LogP contribution in [0.2, 0.25) is 0 Å². The van der Waals surface area contributed by atoms with Gasteiger partial charge in [-0.3, -0.25) is 19.3 Å². The second kappa shape index (κ2) is 9.05. The number of rotatable bonds is 4. The third kappa shape index (κ3) is 3.73. The van der Waals surface area contributed by atoms with Crippen LogP contribution in [0.3, 0.4) is 0 Å². The molecule has 1 amide bonds. The van der Waals surface area contributed by atoms with Crippen LogP contribution in [0.1, 0.15) is 49.9 Å². The number of carbonyl (C=O) groups excluding carboxylic acids is 3. The number of aryl methyl sites for hydroxylation is 1. The number of hydrogen-bond donors (Lipinski definition) is 5. The fraction of sp³-hybridized carbons (Fsp3) is 0.519. The number of nitrogens with zero attached hydrogens (tertiary/aromatic N) is 1. The number of ether oxygens (including phenoxy) is 1. The number of phenolic OH excluding ortho intramolecular Hbond substituents is 1. The normalized spacial score (nSPS) is 30.0. The van der Waals surface area contributed by atoms with Gasteiger partial charge in [0.05, 0.1) is 31.3 Å². The monoisotopic (exact) mass is 510 g/mol. The number of hydrogen-bond acceptors (Lipinski definition) is 9. The molecule has 10 nitrogen and oxygen atoms in total. The minimum absolute atomic E-state index is 0.00755. The fourth-order valence-electron chi connectivity index (χ4n) is 6.47. The smallest absolute Gasteiger partial charge is 0.236 e. The molecular formula is C27H34N4O6. The molecule has 5 rings (SSSR count). The Morgan fingerprint density at radius 2 is 1.92 bits per heavy atom. The van der Waals surface area contributed by atoms with Gasteiger partial charge in [-0.05, 0) is 51.7 Å². The molecule has 1 aliphatic carbocycles. The lowest BCUT2D eigenvalue weighted by Crippen LogP contribution is -2.71. The maximum Gasteiger partial charge on any atom is 0.236 e. The Hall–Kier alpha value is -3.05. The van der Waals surface area contributed by atoms with E-state index in [0.29, 0.717) is 40.0 Å². The Morgan fingerprint density at radius 1 is 1.24 bits per heavy atom. The summed E-state index contributed by atoms with van der Waals surface area (Å²) in [4.78, 5) is 41.2. The Bertz CT molecular complexity index is 1280. The van der Waals surface area contributed by atoms with E-state index in [4.69, 9.17) is 10.5 Å². The van der Waals surface area contributed by atoms with E-state index < -0.39 is 36.3 Å². The van der Waals surface area contributed by atoms with Gasteiger partial charge in [-0.1, -0.05) is 6.07 Å². The first-order valence-electron chi connectivity index (χ1n) is 12.6. The molecule has 10 heteroatoms. The zero-order valence-electron chi connectivity index (χ0n) is 21.7. The quantitative estimate of drug-likeness (QED) is 0.360. The maximum absolute atomic E-state index is 13.5. The number of fused-ring (bicyclic) bond motifs is 6. The van der Waals surface area contributed by atoms with E-state index in [1.165, 1.54) is 7.11 Å². The van der Waals surface area contributed by atoms with Crippen molar-refractivity contribution in [2.24, 2.45) is 5.73 Å². The number of aromatic hydroxyl groups is 1. The van der Waals surface area contributed by atoms with Crippen molar-refractivity contribution in [1.82, 2.24) is 15.5 Å². The van der Waals surface area contributed by atoms with Gasteiger partial charge in [0.15, 0.2) is 23.1 Å². The highest BCUT2D eigenvalue weighted by molar-refractivity contribution is 6.25. The van der Waals surface area contributed by atoms with Crippen LogP contribution in [-0.4, -0.2) is 76.6 Å². The number of benzene rings is 1. The van der Waals surface area contributed by atoms with Crippen molar-refractivity contribution in [3.63, 3.8) is 0 Å². The summed E-state index contributed by atoms with van der Waals surface area (Å²) in [5.41, 5.74) is 9.61. The van der Waals surface area contributed by atoms with Crippen LogP contribution in [0.5, 0.6) is 11.5 Å². The highest BCUT2D eigenvalue weighted by atomic mass is 16.5. The number of allylic oxidation sites excluding steroid dienone is 2. The van der Waals surface area contributed by atoms with Crippen LogP contribution < -0.4 is 21.1 Å². The van der Waals surface area contributed by atoms with Gasteiger partial charge >= 0.3 is 0 Å². The number of methoxy groups -OCH3 is 1. The molecule has 1 aromatic carbocycles. The van der Waals surface area contributed by atoms with E-state index in [2.05, 4.69) is 10.6 Å². The van der Waals surface area contributed by atoms with Crippen molar-refractivity contribution in [2.75, 3.05) is 13.7 Å². The highest BCUT2D eigenvalue weighted by Gasteiger charge is 2.54. The van der Waals surface area contributed by atoms with Gasteiger partial charge in [0.2, 0.25) is 5.91 Å². The average Bonchev–Trinajstić information content (AvgIpc) is 2.86. The molecule has 0 spiro atoms. The van der Waals surface area contributed by atoms with E-state index in [1.54, 1.807) is 20.8 Å². The lowest BCUT2D eigenvalue weighted by molar-refractivity contribution is -0.132. The third-order valence-electron chi connectivity index (χ3n) is 8.42. The van der Waals surface area contributed by atoms with Gasteiger partial charge in [-0.15, -0.1) is 0 Å². The van der Waals surface area contributed by atoms with Crippen LogP contribution in [0, 0.1) is 6.92 Å². The number of phenols is 1. The second-order valence-corrected chi connectivity index (χ2v) is 10.6. The second-order valence-electron chi connectivity index (χ2n) is 10.6. The summed E-state index contributed by atoms with van der Waals surface area (Å²) in [7, 11) is 1.50. The minimum Gasteiger partial charge on any atom is -0.504 e. The molecule has 3 aliphatic heterocycles. The zero-order valence-corrected chi connectivity index (χ0v) is 21.7. The Morgan fingerprint density at radius 3 is 2.57 bits per heavy atom. The van der Waals surface area contributed by atoms with Crippen molar-refractivity contribution >= 4 is 17.5 Å². The number of nitrogens with one attached hydrogen (secondary N) is 2. The first-order chi connectivity index (χ1) is 17.5. The molecule has 198 valence electrons. The van der Waals surface area contributed by atoms with Crippen LogP contribution in [-0.2, 0) is 20.8 Å². The third-order valence-corrected chi connectivity index (χ3v) is 8.42. The maximum atomic E-state index is 13.5. The van der Waals surface area contributed by atoms with E-state index in [9.17, 15) is 24.6 Å². The summed E-state index contributed by atoms with van der Waals surface area (Å²) >= 11 is 0. The van der Waals surface area contributed by atoms with Crippen LogP contribution in [0.15, 0.2) is 28.4 Å². The van der Waals surface area contributed by atoms with Crippen molar-refractivity contribution in [3.05, 3.63) is 45.0 Å². The number of Topliss-reactive ketones (excluding diaryl/α,β-unsaturated/α-hetero) is 2. The number of aliphatic hydroxyl groups is 1. The molecule has 1 aromatic rings. The van der Waals surface area contributed by atoms with Crippen LogP contribution >= 0.6 is 0 Å². The number of ketones is 2. The fourth-order valence-corrected chi connectivity index (χ4v) is 6.47. The summed E-state index contributed by atoms with van der Waals surface area (Å²) in [5.74, 6) is -0.429. The molecule has 37 heavy (non-hydrogen) atoms. The number of amides is 1. The number of nitrogens with two attached hydrogens (primary N) is 1. The number of carbonyl (C=O) groups is 3. The molecule has 1 fully saturated rings. The SMILES string of the molecule is COc1c(C)cc2c(c1O)C1NC(C2)C(O)N2C(CNC(=O)C(C)N)C3=C(CC12)C(=O)C(C)=C(C)C3=O. The summed E-state index contributed by atoms with van der Waals surface area (Å²) in [6.45, 7) is 6.72. The first-order valence-corrected chi connectivity index (χ1v) is 12.6. The van der Waals surface area contributed by atoms with Gasteiger partial charge in [0.25, 0.3) is 0 Å². The van der Waals surface area contributed by atoms with E-state index in [1.807, 2.05) is 17.9 Å². The summed E-state index contributed by atoms with van der Waals surface area (Å²) < 4.78 is 5.47. The van der Waals surface area contributed by atoms with Crippen molar-refractivity contribution in [1.29, 1.82) is 0 Å². The van der Waals surface area contributed by atoms with E-state index >= 15 is 0 Å². The molecule has 1 saturated heterocycles. The Balaban J connectivity index is 1.66. The average molecular weight is 511 g/mol. The molecule has 2 bridgehead atoms. The van der Waals surface area contributed by atoms with Crippen LogP contribution in [0.4, 0.5) is 0 Å². The first kappa shape index (κ1) is 25.6. The lowest BCUT2D eigenvalue weighted by Gasteiger charge is -2.57.